The summed E-state index contributed by atoms with van der Waals surface area (Å²) in [5.41, 5.74) is 0.943. The minimum atomic E-state index is -1.40. The molecule has 10 heteroatoms. The molecule has 4 aromatic rings. The molecule has 242 valence electrons. The van der Waals surface area contributed by atoms with Crippen LogP contribution in [0.25, 0.3) is 0 Å². The molecule has 4 aromatic carbocycles. The molecule has 5 rings (SSSR count). The zero-order chi connectivity index (χ0) is 33.0. The number of esters is 4. The lowest BCUT2D eigenvalue weighted by Crippen LogP contribution is -2.62. The molecule has 0 radical (unpaired) electrons. The quantitative estimate of drug-likeness (QED) is 0.166. The van der Waals surface area contributed by atoms with Gasteiger partial charge in [-0.2, -0.15) is 0 Å². The Morgan fingerprint density at radius 2 is 0.872 bits per heavy atom. The highest BCUT2D eigenvalue weighted by atomic mass is 16.7. The van der Waals surface area contributed by atoms with E-state index < -0.39 is 61.0 Å². The van der Waals surface area contributed by atoms with Gasteiger partial charge in [-0.25, -0.2) is 19.2 Å². The van der Waals surface area contributed by atoms with Crippen molar-refractivity contribution in [3.05, 3.63) is 144 Å². The molecule has 0 aromatic heterocycles. The second-order valence-electron chi connectivity index (χ2n) is 10.8. The van der Waals surface area contributed by atoms with Crippen LogP contribution in [-0.2, 0) is 23.7 Å². The van der Waals surface area contributed by atoms with Crippen LogP contribution in [0.1, 0.15) is 54.3 Å². The number of benzene rings is 4. The van der Waals surface area contributed by atoms with Crippen molar-refractivity contribution in [1.29, 1.82) is 0 Å². The van der Waals surface area contributed by atoms with Crippen LogP contribution in [-0.4, -0.2) is 72.7 Å². The second kappa shape index (κ2) is 16.3. The molecular formula is C37H34O10. The molecule has 47 heavy (non-hydrogen) atoms. The second-order valence-corrected chi connectivity index (χ2v) is 10.8. The highest BCUT2D eigenvalue weighted by Gasteiger charge is 2.52. The van der Waals surface area contributed by atoms with Gasteiger partial charge in [0.2, 0.25) is 0 Å². The molecule has 1 saturated heterocycles. The average Bonchev–Trinajstić information content (AvgIpc) is 3.13. The first-order valence-electron chi connectivity index (χ1n) is 15.2. The van der Waals surface area contributed by atoms with Gasteiger partial charge >= 0.3 is 23.9 Å². The maximum absolute atomic E-state index is 13.5. The van der Waals surface area contributed by atoms with Gasteiger partial charge in [0.25, 0.3) is 0 Å². The molecule has 1 heterocycles. The molecular weight excluding hydrogens is 604 g/mol. The van der Waals surface area contributed by atoms with E-state index in [0.717, 1.165) is 0 Å². The van der Waals surface area contributed by atoms with E-state index in [2.05, 4.69) is 0 Å². The van der Waals surface area contributed by atoms with Crippen LogP contribution in [0, 0.1) is 0 Å². The van der Waals surface area contributed by atoms with Crippen molar-refractivity contribution in [1.82, 2.24) is 0 Å². The van der Waals surface area contributed by atoms with Crippen molar-refractivity contribution in [2.24, 2.45) is 0 Å². The third-order valence-corrected chi connectivity index (χ3v) is 7.52. The fourth-order valence-corrected chi connectivity index (χ4v) is 5.18. The lowest BCUT2D eigenvalue weighted by molar-refractivity contribution is -0.230. The summed E-state index contributed by atoms with van der Waals surface area (Å²) in [6.45, 7) is -0.595. The largest absolute Gasteiger partial charge is 0.459 e. The number of hydrogen-bond acceptors (Lipinski definition) is 10. The minimum Gasteiger partial charge on any atom is -0.459 e. The highest BCUT2D eigenvalue weighted by molar-refractivity contribution is 5.91. The van der Waals surface area contributed by atoms with Crippen molar-refractivity contribution < 1.29 is 48.0 Å². The van der Waals surface area contributed by atoms with E-state index in [1.54, 1.807) is 121 Å². The number of carbonyl (C=O) groups excluding carboxylic acids is 4. The summed E-state index contributed by atoms with van der Waals surface area (Å²) in [7, 11) is 0. The number of ether oxygens (including phenoxy) is 5. The van der Waals surface area contributed by atoms with Crippen LogP contribution in [0.4, 0.5) is 0 Å². The Bertz CT molecular complexity index is 1610. The first-order chi connectivity index (χ1) is 22.9. The Kier molecular flexibility index (Phi) is 11.5. The molecule has 0 spiro atoms. The molecule has 1 N–H and O–H groups in total. The fourth-order valence-electron chi connectivity index (χ4n) is 5.18. The number of aliphatic hydroxyl groups excluding tert-OH is 1. The standard InChI is InChI=1S/C37H34O10/c38-23-13-22-29-31(45-35(40)26-16-7-2-8-17-26)33(47-37(42)28-20-11-4-12-21-28)32(46-36(41)27-18-9-3-10-19-27)30(44-29)24-43-34(39)25-14-5-1-6-15-25/h1-12,14-21,29-33,38H,13,22-24H2/t29-,30+,31-,32-,33+/m0/s1. The van der Waals surface area contributed by atoms with Crippen molar-refractivity contribution >= 4 is 23.9 Å². The van der Waals surface area contributed by atoms with Gasteiger partial charge in [-0.1, -0.05) is 72.8 Å². The van der Waals surface area contributed by atoms with Crippen LogP contribution < -0.4 is 0 Å². The summed E-state index contributed by atoms with van der Waals surface area (Å²) >= 11 is 0. The van der Waals surface area contributed by atoms with Crippen LogP contribution in [0.15, 0.2) is 121 Å². The first-order valence-corrected chi connectivity index (χ1v) is 15.2. The normalized spacial score (nSPS) is 20.4. The van der Waals surface area contributed by atoms with E-state index in [0.29, 0.717) is 5.56 Å². The van der Waals surface area contributed by atoms with Gasteiger partial charge in [0.1, 0.15) is 12.7 Å². The van der Waals surface area contributed by atoms with Gasteiger partial charge < -0.3 is 28.8 Å². The fraction of sp³-hybridized carbons (Fsp3) is 0.243. The monoisotopic (exact) mass is 638 g/mol. The van der Waals surface area contributed by atoms with Crippen molar-refractivity contribution in [3.63, 3.8) is 0 Å². The van der Waals surface area contributed by atoms with Gasteiger partial charge in [0.15, 0.2) is 18.3 Å². The lowest BCUT2D eigenvalue weighted by Gasteiger charge is -2.44. The minimum absolute atomic E-state index is 0.172. The van der Waals surface area contributed by atoms with E-state index in [9.17, 15) is 24.3 Å². The number of carbonyl (C=O) groups is 4. The summed E-state index contributed by atoms with van der Waals surface area (Å²) in [4.78, 5) is 53.3. The Balaban J connectivity index is 1.53. The summed E-state index contributed by atoms with van der Waals surface area (Å²) < 4.78 is 29.9. The van der Waals surface area contributed by atoms with Crippen LogP contribution in [0.2, 0.25) is 0 Å². The van der Waals surface area contributed by atoms with E-state index in [4.69, 9.17) is 23.7 Å². The predicted octanol–water partition coefficient (Wildman–Crippen LogP) is 5.06. The van der Waals surface area contributed by atoms with Gasteiger partial charge in [-0.05, 0) is 61.4 Å². The van der Waals surface area contributed by atoms with E-state index in [1.165, 1.54) is 0 Å². The Labute approximate surface area is 271 Å². The van der Waals surface area contributed by atoms with Crippen molar-refractivity contribution in [3.8, 4) is 0 Å². The van der Waals surface area contributed by atoms with E-state index in [1.807, 2.05) is 0 Å². The highest BCUT2D eigenvalue weighted by Crippen LogP contribution is 2.33. The molecule has 1 aliphatic rings. The van der Waals surface area contributed by atoms with Crippen molar-refractivity contribution in [2.75, 3.05) is 13.2 Å². The molecule has 1 fully saturated rings. The first kappa shape index (κ1) is 33.1. The van der Waals surface area contributed by atoms with Crippen molar-refractivity contribution in [2.45, 2.75) is 43.4 Å². The van der Waals surface area contributed by atoms with Crippen LogP contribution >= 0.6 is 0 Å². The number of aliphatic hydroxyl groups is 1. The van der Waals surface area contributed by atoms with Gasteiger partial charge in [-0.3, -0.25) is 0 Å². The summed E-state index contributed by atoms with van der Waals surface area (Å²) in [5, 5.41) is 9.68. The maximum Gasteiger partial charge on any atom is 0.338 e. The Hall–Kier alpha value is -5.32. The predicted molar refractivity (Wildman–Crippen MR) is 169 cm³/mol. The van der Waals surface area contributed by atoms with Crippen LogP contribution in [0.5, 0.6) is 0 Å². The summed E-state index contributed by atoms with van der Waals surface area (Å²) in [5.74, 6) is -2.90. The molecule has 0 unspecified atom stereocenters. The van der Waals surface area contributed by atoms with Gasteiger partial charge in [0, 0.05) is 6.61 Å². The Morgan fingerprint density at radius 1 is 0.511 bits per heavy atom. The SMILES string of the molecule is O=C(OC[C@H]1O[C@@H](CCCO)[C@H](OC(=O)c2ccccc2)[C@@H](OC(=O)c2ccccc2)[C@H]1OC(=O)c1ccccc1)c1ccccc1. The van der Waals surface area contributed by atoms with E-state index in [-0.39, 0.29) is 36.1 Å². The molecule has 0 aliphatic carbocycles. The van der Waals surface area contributed by atoms with Gasteiger partial charge in [-0.15, -0.1) is 0 Å². The van der Waals surface area contributed by atoms with E-state index >= 15 is 0 Å². The van der Waals surface area contributed by atoms with Gasteiger partial charge in [0.05, 0.1) is 28.4 Å². The third-order valence-electron chi connectivity index (χ3n) is 7.52. The summed E-state index contributed by atoms with van der Waals surface area (Å²) in [6, 6.07) is 32.9. The van der Waals surface area contributed by atoms with Crippen LogP contribution in [0.3, 0.4) is 0 Å². The molecule has 0 bridgehead atoms. The summed E-state index contributed by atoms with van der Waals surface area (Å²) in [6.07, 6.45) is -5.76. The number of hydrogen-bond donors (Lipinski definition) is 1. The lowest BCUT2D eigenvalue weighted by atomic mass is 9.91. The molecule has 0 saturated carbocycles. The molecule has 1 aliphatic heterocycles. The smallest absolute Gasteiger partial charge is 0.338 e. The topological polar surface area (TPSA) is 135 Å². The average molecular weight is 639 g/mol. The third kappa shape index (κ3) is 8.69. The molecule has 5 atom stereocenters. The molecule has 10 nitrogen and oxygen atoms in total. The zero-order valence-electron chi connectivity index (χ0n) is 25.4. The zero-order valence-corrected chi connectivity index (χ0v) is 25.4. The Morgan fingerprint density at radius 3 is 1.28 bits per heavy atom. The number of rotatable bonds is 12. The maximum atomic E-state index is 13.5. The molecule has 0 amide bonds.